The fraction of sp³-hybridized carbons (Fsp3) is 0.500. The summed E-state index contributed by atoms with van der Waals surface area (Å²) in [6.45, 7) is 15.3. The Hall–Kier alpha value is -2.99. The van der Waals surface area contributed by atoms with Crippen molar-refractivity contribution in [2.45, 2.75) is 72.4 Å². The highest BCUT2D eigenvalue weighted by atomic mass is 16.5. The van der Waals surface area contributed by atoms with Gasteiger partial charge in [0.1, 0.15) is 0 Å². The Bertz CT molecular complexity index is 1150. The first-order valence-corrected chi connectivity index (χ1v) is 13.1. The molecule has 0 radical (unpaired) electrons. The average Bonchev–Trinajstić information content (AvgIpc) is 3.31. The molecule has 2 aromatic carbocycles. The number of hydrogen-bond donors (Lipinski definition) is 1. The third-order valence-electron chi connectivity index (χ3n) is 7.28. The summed E-state index contributed by atoms with van der Waals surface area (Å²) in [5, 5.41) is 7.54. The Balaban J connectivity index is 1.31. The van der Waals surface area contributed by atoms with Crippen molar-refractivity contribution >= 4 is 5.91 Å². The largest absolute Gasteiger partial charge is 0.349 e. The van der Waals surface area contributed by atoms with Crippen molar-refractivity contribution in [3.8, 4) is 11.4 Å². The molecule has 1 aliphatic rings. The van der Waals surface area contributed by atoms with E-state index in [1.165, 1.54) is 16.7 Å². The molecular weight excluding hydrogens is 448 g/mol. The number of aryl methyl sites for hydroxylation is 1. The molecule has 1 N–H and O–H groups in total. The summed E-state index contributed by atoms with van der Waals surface area (Å²) >= 11 is 0. The van der Waals surface area contributed by atoms with Crippen LogP contribution in [0, 0.1) is 18.8 Å². The second-order valence-electron chi connectivity index (χ2n) is 11.5. The highest BCUT2D eigenvalue weighted by Gasteiger charge is 2.29. The lowest BCUT2D eigenvalue weighted by Crippen LogP contribution is -2.42. The molecule has 0 saturated carbocycles. The molecule has 4 rings (SSSR count). The summed E-state index contributed by atoms with van der Waals surface area (Å²) in [4.78, 5) is 20.1. The number of likely N-dealkylation sites (tertiary alicyclic amines) is 1. The van der Waals surface area contributed by atoms with Crippen LogP contribution in [0.3, 0.4) is 0 Å². The van der Waals surface area contributed by atoms with Gasteiger partial charge in [0.25, 0.3) is 0 Å². The van der Waals surface area contributed by atoms with Crippen LogP contribution in [0.2, 0.25) is 0 Å². The van der Waals surface area contributed by atoms with Gasteiger partial charge in [0.2, 0.25) is 17.6 Å². The molecule has 1 atom stereocenters. The Labute approximate surface area is 215 Å². The first-order chi connectivity index (χ1) is 17.1. The maximum absolute atomic E-state index is 13.1. The van der Waals surface area contributed by atoms with Crippen molar-refractivity contribution in [1.29, 1.82) is 0 Å². The van der Waals surface area contributed by atoms with Crippen molar-refractivity contribution in [3.63, 3.8) is 0 Å². The summed E-state index contributed by atoms with van der Waals surface area (Å²) in [7, 11) is 0. The van der Waals surface area contributed by atoms with Crippen molar-refractivity contribution < 1.29 is 9.32 Å². The number of piperidine rings is 1. The predicted molar refractivity (Wildman–Crippen MR) is 143 cm³/mol. The van der Waals surface area contributed by atoms with Crippen molar-refractivity contribution in [3.05, 3.63) is 71.1 Å². The molecular formula is C30H40N4O2. The molecule has 0 aliphatic carbocycles. The number of carbonyl (C=O) groups excluding carboxylic acids is 1. The number of carbonyl (C=O) groups is 1. The second-order valence-corrected chi connectivity index (χ2v) is 11.5. The van der Waals surface area contributed by atoms with Crippen LogP contribution < -0.4 is 5.32 Å². The van der Waals surface area contributed by atoms with Crippen LogP contribution in [-0.2, 0) is 16.8 Å². The van der Waals surface area contributed by atoms with Gasteiger partial charge in [0.05, 0.1) is 12.6 Å². The van der Waals surface area contributed by atoms with Gasteiger partial charge in [-0.1, -0.05) is 88.3 Å². The normalized spacial score (nSPS) is 16.3. The number of rotatable bonds is 7. The number of amides is 1. The second kappa shape index (κ2) is 11.0. The van der Waals surface area contributed by atoms with Gasteiger partial charge in [0.15, 0.2) is 0 Å². The van der Waals surface area contributed by atoms with E-state index in [2.05, 4.69) is 98.3 Å². The molecule has 0 bridgehead atoms. The van der Waals surface area contributed by atoms with E-state index in [4.69, 9.17) is 4.52 Å². The standard InChI is InChI=1S/C30H40N4O2/c1-20(2)27(25-10-8-7-9-21(25)3)32-29(35)23-15-17-34(18-16-23)19-26-31-28(33-36-26)22-11-13-24(14-12-22)30(4,5)6/h7-14,20,23,27H,15-19H2,1-6H3,(H,32,35). The highest BCUT2D eigenvalue weighted by molar-refractivity contribution is 5.79. The van der Waals surface area contributed by atoms with Gasteiger partial charge < -0.3 is 9.84 Å². The maximum atomic E-state index is 13.1. The highest BCUT2D eigenvalue weighted by Crippen LogP contribution is 2.28. The number of nitrogens with zero attached hydrogens (tertiary/aromatic N) is 3. The monoisotopic (exact) mass is 488 g/mol. The number of hydrogen-bond acceptors (Lipinski definition) is 5. The maximum Gasteiger partial charge on any atom is 0.241 e. The van der Waals surface area contributed by atoms with Crippen molar-refractivity contribution in [2.24, 2.45) is 11.8 Å². The molecule has 192 valence electrons. The van der Waals surface area contributed by atoms with Gasteiger partial charge in [-0.25, -0.2) is 0 Å². The van der Waals surface area contributed by atoms with Crippen LogP contribution in [0.15, 0.2) is 53.1 Å². The van der Waals surface area contributed by atoms with E-state index in [1.807, 2.05) is 12.1 Å². The summed E-state index contributed by atoms with van der Waals surface area (Å²) in [6, 6.07) is 16.7. The van der Waals surface area contributed by atoms with Crippen LogP contribution in [-0.4, -0.2) is 34.0 Å². The lowest BCUT2D eigenvalue weighted by Gasteiger charge is -2.32. The first-order valence-electron chi connectivity index (χ1n) is 13.1. The van der Waals surface area contributed by atoms with E-state index in [-0.39, 0.29) is 23.3 Å². The van der Waals surface area contributed by atoms with Crippen LogP contribution >= 0.6 is 0 Å². The molecule has 3 aromatic rings. The van der Waals surface area contributed by atoms with Gasteiger partial charge >= 0.3 is 0 Å². The molecule has 1 saturated heterocycles. The zero-order valence-electron chi connectivity index (χ0n) is 22.5. The Morgan fingerprint density at radius 1 is 1.08 bits per heavy atom. The van der Waals surface area contributed by atoms with Gasteiger partial charge in [-0.05, 0) is 60.9 Å². The zero-order chi connectivity index (χ0) is 25.9. The minimum absolute atomic E-state index is 0.0333. The molecule has 1 amide bonds. The van der Waals surface area contributed by atoms with E-state index < -0.39 is 0 Å². The van der Waals surface area contributed by atoms with Crippen LogP contribution in [0.25, 0.3) is 11.4 Å². The number of benzene rings is 2. The van der Waals surface area contributed by atoms with E-state index in [0.29, 0.717) is 24.2 Å². The van der Waals surface area contributed by atoms with E-state index in [0.717, 1.165) is 31.5 Å². The molecule has 6 nitrogen and oxygen atoms in total. The molecule has 1 aliphatic heterocycles. The minimum atomic E-state index is 0.0333. The fourth-order valence-corrected chi connectivity index (χ4v) is 4.91. The van der Waals surface area contributed by atoms with Crippen LogP contribution in [0.4, 0.5) is 0 Å². The van der Waals surface area contributed by atoms with Crippen molar-refractivity contribution in [1.82, 2.24) is 20.4 Å². The molecule has 1 aromatic heterocycles. The summed E-state index contributed by atoms with van der Waals surface area (Å²) in [6.07, 6.45) is 1.67. The number of nitrogens with one attached hydrogen (secondary N) is 1. The van der Waals surface area contributed by atoms with Gasteiger partial charge in [-0.15, -0.1) is 0 Å². The lowest BCUT2D eigenvalue weighted by atomic mass is 9.87. The smallest absolute Gasteiger partial charge is 0.241 e. The molecule has 0 spiro atoms. The predicted octanol–water partition coefficient (Wildman–Crippen LogP) is 6.07. The summed E-state index contributed by atoms with van der Waals surface area (Å²) in [5.74, 6) is 1.76. The first kappa shape index (κ1) is 26.1. The van der Waals surface area contributed by atoms with Crippen LogP contribution in [0.5, 0.6) is 0 Å². The fourth-order valence-electron chi connectivity index (χ4n) is 4.91. The van der Waals surface area contributed by atoms with Gasteiger partial charge in [0, 0.05) is 11.5 Å². The van der Waals surface area contributed by atoms with E-state index >= 15 is 0 Å². The van der Waals surface area contributed by atoms with Crippen molar-refractivity contribution in [2.75, 3.05) is 13.1 Å². The molecule has 2 heterocycles. The van der Waals surface area contributed by atoms with E-state index in [1.54, 1.807) is 0 Å². The molecule has 1 unspecified atom stereocenters. The lowest BCUT2D eigenvalue weighted by molar-refractivity contribution is -0.127. The Morgan fingerprint density at radius 3 is 2.36 bits per heavy atom. The Morgan fingerprint density at radius 2 is 1.75 bits per heavy atom. The topological polar surface area (TPSA) is 71.3 Å². The summed E-state index contributed by atoms with van der Waals surface area (Å²) in [5.41, 5.74) is 4.77. The summed E-state index contributed by atoms with van der Waals surface area (Å²) < 4.78 is 5.55. The zero-order valence-corrected chi connectivity index (χ0v) is 22.5. The SMILES string of the molecule is Cc1ccccc1C(NC(=O)C1CCN(Cc2nc(-c3ccc(C(C)(C)C)cc3)no2)CC1)C(C)C. The minimum Gasteiger partial charge on any atom is -0.349 e. The number of aromatic nitrogens is 2. The van der Waals surface area contributed by atoms with Crippen LogP contribution in [0.1, 0.15) is 76.1 Å². The molecule has 6 heteroatoms. The Kier molecular flexibility index (Phi) is 7.94. The molecule has 1 fully saturated rings. The third kappa shape index (κ3) is 6.22. The quantitative estimate of drug-likeness (QED) is 0.437. The third-order valence-corrected chi connectivity index (χ3v) is 7.28. The van der Waals surface area contributed by atoms with Gasteiger partial charge in [-0.3, -0.25) is 9.69 Å². The van der Waals surface area contributed by atoms with E-state index in [9.17, 15) is 4.79 Å². The van der Waals surface area contributed by atoms with Gasteiger partial charge in [-0.2, -0.15) is 4.98 Å². The molecule has 36 heavy (non-hydrogen) atoms. The average molecular weight is 489 g/mol.